The van der Waals surface area contributed by atoms with Crippen LogP contribution in [0.3, 0.4) is 0 Å². The van der Waals surface area contributed by atoms with E-state index >= 15 is 0 Å². The van der Waals surface area contributed by atoms with E-state index < -0.39 is 23.9 Å². The first-order valence-electron chi connectivity index (χ1n) is 11.4. The van der Waals surface area contributed by atoms with Gasteiger partial charge in [-0.25, -0.2) is 13.8 Å². The predicted octanol–water partition coefficient (Wildman–Crippen LogP) is 6.63. The first kappa shape index (κ1) is 25.2. The quantitative estimate of drug-likeness (QED) is 0.229. The molecule has 8 nitrogen and oxygen atoms in total. The predicted molar refractivity (Wildman–Crippen MR) is 138 cm³/mol. The van der Waals surface area contributed by atoms with E-state index in [0.29, 0.717) is 5.76 Å². The molecule has 0 bridgehead atoms. The van der Waals surface area contributed by atoms with Gasteiger partial charge in [-0.15, -0.1) is 11.3 Å². The van der Waals surface area contributed by atoms with Crippen molar-refractivity contribution < 1.29 is 31.9 Å². The number of amides is 2. The Hall–Kier alpha value is -4.51. The number of ether oxygens (including phenoxy) is 1. The topological polar surface area (TPSA) is 121 Å². The van der Waals surface area contributed by atoms with Crippen molar-refractivity contribution in [2.45, 2.75) is 26.9 Å². The number of carbonyl (C=O) groups excluding carboxylic acids is 2. The zero-order valence-corrected chi connectivity index (χ0v) is 21.0. The summed E-state index contributed by atoms with van der Waals surface area (Å²) in [5, 5.41) is 2.91. The lowest BCUT2D eigenvalue weighted by Crippen LogP contribution is -2.16. The molecule has 2 amide bonds. The number of furan rings is 2. The third-order valence-electron chi connectivity index (χ3n) is 5.81. The number of aromatic nitrogens is 1. The van der Waals surface area contributed by atoms with Crippen LogP contribution in [0.4, 0.5) is 14.5 Å². The average Bonchev–Trinajstić information content (AvgIpc) is 3.63. The molecule has 0 unspecified atom stereocenters. The number of hydrogen-bond acceptors (Lipinski definition) is 7. The van der Waals surface area contributed by atoms with E-state index in [1.165, 1.54) is 12.3 Å². The molecule has 0 atom stereocenters. The minimum atomic E-state index is -2.86. The third kappa shape index (κ3) is 4.75. The summed E-state index contributed by atoms with van der Waals surface area (Å²) in [6.45, 7) is 3.96. The van der Waals surface area contributed by atoms with Crippen LogP contribution in [-0.4, -0.2) is 16.8 Å². The Morgan fingerprint density at radius 2 is 1.89 bits per heavy atom. The van der Waals surface area contributed by atoms with Gasteiger partial charge >= 0.3 is 0 Å². The molecule has 0 aliphatic carbocycles. The Kier molecular flexibility index (Phi) is 6.68. The van der Waals surface area contributed by atoms with Crippen molar-refractivity contribution in [1.29, 1.82) is 0 Å². The minimum Gasteiger partial charge on any atom is -0.485 e. The number of thiophene rings is 1. The lowest BCUT2D eigenvalue weighted by atomic mass is 10.1. The Bertz CT molecular complexity index is 1640. The average molecular weight is 538 g/mol. The SMILES string of the molecule is Cc1cccc(C)c1OCc1ccc(C(=O)Nc2c(C(N)=O)sc3nc(C(F)F)cc(-c4ccco4)c23)o1. The highest BCUT2D eigenvalue weighted by atomic mass is 32.1. The van der Waals surface area contributed by atoms with Crippen molar-refractivity contribution >= 4 is 39.1 Å². The Balaban J connectivity index is 1.48. The molecule has 0 aliphatic heterocycles. The van der Waals surface area contributed by atoms with E-state index in [0.717, 1.165) is 34.3 Å². The molecule has 5 aromatic rings. The van der Waals surface area contributed by atoms with E-state index in [1.807, 2.05) is 32.0 Å². The van der Waals surface area contributed by atoms with Gasteiger partial charge in [-0.3, -0.25) is 9.59 Å². The summed E-state index contributed by atoms with van der Waals surface area (Å²) in [6, 6.07) is 13.2. The zero-order chi connectivity index (χ0) is 27.0. The molecule has 0 radical (unpaired) electrons. The van der Waals surface area contributed by atoms with E-state index in [2.05, 4.69) is 10.3 Å². The molecule has 0 aliphatic rings. The number of nitrogens with zero attached hydrogens (tertiary/aromatic N) is 1. The molecule has 5 rings (SSSR count). The van der Waals surface area contributed by atoms with Crippen LogP contribution in [-0.2, 0) is 6.61 Å². The highest BCUT2D eigenvalue weighted by Gasteiger charge is 2.26. The largest absolute Gasteiger partial charge is 0.485 e. The second-order valence-electron chi connectivity index (χ2n) is 8.45. The van der Waals surface area contributed by atoms with Gasteiger partial charge in [-0.1, -0.05) is 18.2 Å². The normalized spacial score (nSPS) is 11.3. The first-order chi connectivity index (χ1) is 18.2. The summed E-state index contributed by atoms with van der Waals surface area (Å²) in [5.41, 5.74) is 7.26. The van der Waals surface area contributed by atoms with Gasteiger partial charge in [0.1, 0.15) is 39.3 Å². The molecule has 4 aromatic heterocycles. The molecular formula is C27H21F2N3O5S. The lowest BCUT2D eigenvalue weighted by molar-refractivity contribution is 0.0992. The maximum atomic E-state index is 13.6. The monoisotopic (exact) mass is 537 g/mol. The smallest absolute Gasteiger partial charge is 0.291 e. The number of aryl methyl sites for hydroxylation is 2. The number of anilines is 1. The van der Waals surface area contributed by atoms with Crippen LogP contribution in [0.1, 0.15) is 49.2 Å². The summed E-state index contributed by atoms with van der Waals surface area (Å²) in [5.74, 6) is -0.179. The summed E-state index contributed by atoms with van der Waals surface area (Å²) >= 11 is 0.800. The van der Waals surface area contributed by atoms with Gasteiger partial charge < -0.3 is 24.6 Å². The Morgan fingerprint density at radius 1 is 1.13 bits per heavy atom. The standard InChI is InChI=1S/C27H21F2N3O5S/c1-13-5-3-6-14(2)22(13)36-12-15-8-9-19(37-15)26(34)32-21-20-16(18-7-4-10-35-18)11-17(24(28)29)31-27(20)38-23(21)25(30)33/h3-11,24H,12H2,1-2H3,(H2,30,33)(H,32,34). The van der Waals surface area contributed by atoms with E-state index in [1.54, 1.807) is 18.2 Å². The fraction of sp³-hybridized carbons (Fsp3) is 0.148. The molecule has 1 aromatic carbocycles. The summed E-state index contributed by atoms with van der Waals surface area (Å²) < 4.78 is 44.1. The van der Waals surface area contributed by atoms with Crippen molar-refractivity contribution in [1.82, 2.24) is 4.98 Å². The maximum absolute atomic E-state index is 13.6. The number of carbonyl (C=O) groups is 2. The van der Waals surface area contributed by atoms with Gasteiger partial charge in [-0.2, -0.15) is 0 Å². The number of nitrogens with two attached hydrogens (primary N) is 1. The van der Waals surface area contributed by atoms with E-state index in [4.69, 9.17) is 19.3 Å². The highest BCUT2D eigenvalue weighted by Crippen LogP contribution is 2.42. The maximum Gasteiger partial charge on any atom is 0.291 e. The van der Waals surface area contributed by atoms with Crippen LogP contribution in [0.5, 0.6) is 5.75 Å². The van der Waals surface area contributed by atoms with Gasteiger partial charge in [-0.05, 0) is 55.3 Å². The molecule has 4 heterocycles. The van der Waals surface area contributed by atoms with Crippen LogP contribution in [0.2, 0.25) is 0 Å². The second-order valence-corrected chi connectivity index (χ2v) is 9.45. The number of benzene rings is 1. The molecule has 38 heavy (non-hydrogen) atoms. The fourth-order valence-corrected chi connectivity index (χ4v) is 5.09. The van der Waals surface area contributed by atoms with Crippen LogP contribution >= 0.6 is 11.3 Å². The van der Waals surface area contributed by atoms with Crippen molar-refractivity contribution in [3.8, 4) is 17.1 Å². The number of fused-ring (bicyclic) bond motifs is 1. The summed E-state index contributed by atoms with van der Waals surface area (Å²) in [7, 11) is 0. The van der Waals surface area contributed by atoms with Gasteiger partial charge in [0.15, 0.2) is 5.76 Å². The number of rotatable bonds is 8. The molecule has 194 valence electrons. The summed E-state index contributed by atoms with van der Waals surface area (Å²) in [4.78, 5) is 29.4. The molecule has 0 saturated carbocycles. The zero-order valence-electron chi connectivity index (χ0n) is 20.2. The van der Waals surface area contributed by atoms with E-state index in [-0.39, 0.29) is 44.5 Å². The van der Waals surface area contributed by atoms with Crippen molar-refractivity contribution in [2.75, 3.05) is 5.32 Å². The molecule has 11 heteroatoms. The number of nitrogens with one attached hydrogen (secondary N) is 1. The van der Waals surface area contributed by atoms with Gasteiger partial charge in [0.05, 0.1) is 12.0 Å². The number of pyridine rings is 1. The van der Waals surface area contributed by atoms with Crippen LogP contribution < -0.4 is 15.8 Å². The van der Waals surface area contributed by atoms with Gasteiger partial charge in [0.25, 0.3) is 18.2 Å². The Morgan fingerprint density at radius 3 is 2.55 bits per heavy atom. The first-order valence-corrected chi connectivity index (χ1v) is 12.2. The van der Waals surface area contributed by atoms with Crippen molar-refractivity contribution in [2.24, 2.45) is 5.73 Å². The number of halogens is 2. The van der Waals surface area contributed by atoms with Crippen LogP contribution in [0, 0.1) is 13.8 Å². The molecular weight excluding hydrogens is 516 g/mol. The number of hydrogen-bond donors (Lipinski definition) is 2. The fourth-order valence-electron chi connectivity index (χ4n) is 4.07. The van der Waals surface area contributed by atoms with Gasteiger partial charge in [0, 0.05) is 10.9 Å². The van der Waals surface area contributed by atoms with Crippen LogP contribution in [0.25, 0.3) is 21.5 Å². The van der Waals surface area contributed by atoms with Crippen molar-refractivity contribution in [3.63, 3.8) is 0 Å². The lowest BCUT2D eigenvalue weighted by Gasteiger charge is -2.10. The van der Waals surface area contributed by atoms with Crippen LogP contribution in [0.15, 0.2) is 63.6 Å². The molecule has 0 saturated heterocycles. The highest BCUT2D eigenvalue weighted by molar-refractivity contribution is 7.21. The van der Waals surface area contributed by atoms with Crippen molar-refractivity contribution in [3.05, 3.63) is 88.0 Å². The number of alkyl halides is 2. The van der Waals surface area contributed by atoms with Gasteiger partial charge in [0.2, 0.25) is 0 Å². The molecule has 0 spiro atoms. The number of para-hydroxylation sites is 1. The molecule has 3 N–H and O–H groups in total. The minimum absolute atomic E-state index is 0.0342. The second kappa shape index (κ2) is 10.1. The Labute approximate surface area is 219 Å². The number of primary amides is 1. The summed E-state index contributed by atoms with van der Waals surface area (Å²) in [6.07, 6.45) is -1.48. The van der Waals surface area contributed by atoms with E-state index in [9.17, 15) is 18.4 Å². The third-order valence-corrected chi connectivity index (χ3v) is 6.91. The molecule has 0 fully saturated rings.